The minimum Gasteiger partial charge on any atom is -0.493 e. The lowest BCUT2D eigenvalue weighted by molar-refractivity contribution is 0.103. The monoisotopic (exact) mass is 335 g/mol. The van der Waals surface area contributed by atoms with Gasteiger partial charge in [0.05, 0.1) is 29.9 Å². The van der Waals surface area contributed by atoms with Crippen LogP contribution in [0.25, 0.3) is 0 Å². The number of ether oxygens (including phenoxy) is 2. The highest BCUT2D eigenvalue weighted by molar-refractivity contribution is 9.10. The number of ketones is 1. The van der Waals surface area contributed by atoms with Gasteiger partial charge in [0.2, 0.25) is 0 Å². The summed E-state index contributed by atoms with van der Waals surface area (Å²) in [5.74, 6) is 0.757. The van der Waals surface area contributed by atoms with Gasteiger partial charge in [-0.15, -0.1) is 0 Å². The van der Waals surface area contributed by atoms with Gasteiger partial charge in [0.25, 0.3) is 0 Å². The van der Waals surface area contributed by atoms with Crippen molar-refractivity contribution in [1.82, 2.24) is 0 Å². The van der Waals surface area contributed by atoms with E-state index in [1.54, 1.807) is 30.3 Å². The zero-order chi connectivity index (χ0) is 14.7. The summed E-state index contributed by atoms with van der Waals surface area (Å²) in [6.45, 7) is 0. The Morgan fingerprint density at radius 3 is 2.35 bits per heavy atom. The van der Waals surface area contributed by atoms with Crippen molar-refractivity contribution in [2.24, 2.45) is 0 Å². The van der Waals surface area contributed by atoms with Crippen LogP contribution >= 0.6 is 15.9 Å². The Kier molecular flexibility index (Phi) is 4.29. The van der Waals surface area contributed by atoms with Crippen molar-refractivity contribution >= 4 is 27.4 Å². The molecule has 104 valence electrons. The largest absolute Gasteiger partial charge is 0.493 e. The number of hydrogen-bond donors (Lipinski definition) is 1. The van der Waals surface area contributed by atoms with E-state index in [-0.39, 0.29) is 5.78 Å². The molecular weight excluding hydrogens is 322 g/mol. The number of nitrogens with two attached hydrogens (primary N) is 1. The van der Waals surface area contributed by atoms with E-state index in [2.05, 4.69) is 15.9 Å². The van der Waals surface area contributed by atoms with Gasteiger partial charge in [-0.25, -0.2) is 0 Å². The van der Waals surface area contributed by atoms with Gasteiger partial charge < -0.3 is 15.2 Å². The van der Waals surface area contributed by atoms with Crippen LogP contribution in [-0.2, 0) is 0 Å². The van der Waals surface area contributed by atoms with Gasteiger partial charge in [-0.05, 0) is 22.0 Å². The molecule has 2 aromatic rings. The fourth-order valence-corrected chi connectivity index (χ4v) is 2.47. The third kappa shape index (κ3) is 2.49. The Labute approximate surface area is 125 Å². The van der Waals surface area contributed by atoms with Crippen LogP contribution in [0.3, 0.4) is 0 Å². The number of rotatable bonds is 4. The predicted octanol–water partition coefficient (Wildman–Crippen LogP) is 3.28. The fraction of sp³-hybridized carbons (Fsp3) is 0.133. The maximum absolute atomic E-state index is 12.5. The molecule has 0 atom stereocenters. The van der Waals surface area contributed by atoms with Gasteiger partial charge in [-0.3, -0.25) is 4.79 Å². The lowest BCUT2D eigenvalue weighted by Gasteiger charge is -2.14. The molecule has 0 unspecified atom stereocenters. The number of benzene rings is 2. The lowest BCUT2D eigenvalue weighted by atomic mass is 10.0. The van der Waals surface area contributed by atoms with Crippen molar-refractivity contribution < 1.29 is 14.3 Å². The van der Waals surface area contributed by atoms with Crippen LogP contribution in [0.5, 0.6) is 11.5 Å². The first-order valence-electron chi connectivity index (χ1n) is 5.89. The normalized spacial score (nSPS) is 10.2. The van der Waals surface area contributed by atoms with Crippen molar-refractivity contribution in [3.8, 4) is 11.5 Å². The molecule has 0 radical (unpaired) electrons. The number of carbonyl (C=O) groups excluding carboxylic acids is 1. The Bertz CT molecular complexity index is 641. The Balaban J connectivity index is 2.58. The molecule has 4 nitrogen and oxygen atoms in total. The van der Waals surface area contributed by atoms with E-state index in [0.29, 0.717) is 32.8 Å². The van der Waals surface area contributed by atoms with E-state index in [9.17, 15) is 4.79 Å². The highest BCUT2D eigenvalue weighted by atomic mass is 79.9. The highest BCUT2D eigenvalue weighted by Crippen LogP contribution is 2.41. The van der Waals surface area contributed by atoms with Crippen LogP contribution in [0.4, 0.5) is 5.69 Å². The maximum Gasteiger partial charge on any atom is 0.195 e. The van der Waals surface area contributed by atoms with Crippen LogP contribution < -0.4 is 15.2 Å². The molecule has 20 heavy (non-hydrogen) atoms. The van der Waals surface area contributed by atoms with Crippen LogP contribution in [0, 0.1) is 0 Å². The summed E-state index contributed by atoms with van der Waals surface area (Å²) < 4.78 is 11.0. The number of hydrogen-bond acceptors (Lipinski definition) is 4. The van der Waals surface area contributed by atoms with Crippen molar-refractivity contribution in [2.45, 2.75) is 0 Å². The molecule has 0 fully saturated rings. The van der Waals surface area contributed by atoms with Gasteiger partial charge in [0.1, 0.15) is 0 Å². The average molecular weight is 336 g/mol. The molecule has 0 saturated heterocycles. The van der Waals surface area contributed by atoms with Crippen LogP contribution in [0.15, 0.2) is 40.9 Å². The van der Waals surface area contributed by atoms with Crippen LogP contribution in [0.2, 0.25) is 0 Å². The zero-order valence-corrected chi connectivity index (χ0v) is 12.7. The minimum absolute atomic E-state index is 0.162. The summed E-state index contributed by atoms with van der Waals surface area (Å²) in [6.07, 6.45) is 0. The molecule has 0 aliphatic carbocycles. The lowest BCUT2D eigenvalue weighted by Crippen LogP contribution is -2.07. The second-order valence-electron chi connectivity index (χ2n) is 4.08. The first-order chi connectivity index (χ1) is 9.60. The molecular formula is C15H14BrNO3. The van der Waals surface area contributed by atoms with Crippen LogP contribution in [0.1, 0.15) is 15.9 Å². The van der Waals surface area contributed by atoms with E-state index in [0.717, 1.165) is 0 Å². The molecule has 0 saturated carbocycles. The van der Waals surface area contributed by atoms with Crippen LogP contribution in [-0.4, -0.2) is 20.0 Å². The van der Waals surface area contributed by atoms with E-state index in [4.69, 9.17) is 15.2 Å². The highest BCUT2D eigenvalue weighted by Gasteiger charge is 2.20. The summed E-state index contributed by atoms with van der Waals surface area (Å²) >= 11 is 3.34. The van der Waals surface area contributed by atoms with Gasteiger partial charge >= 0.3 is 0 Å². The van der Waals surface area contributed by atoms with E-state index in [1.807, 2.05) is 6.07 Å². The smallest absolute Gasteiger partial charge is 0.195 e. The topological polar surface area (TPSA) is 61.5 Å². The van der Waals surface area contributed by atoms with Crippen molar-refractivity contribution in [2.75, 3.05) is 20.0 Å². The Morgan fingerprint density at radius 1 is 1.15 bits per heavy atom. The molecule has 0 amide bonds. The maximum atomic E-state index is 12.5. The fourth-order valence-electron chi connectivity index (χ4n) is 1.90. The summed E-state index contributed by atoms with van der Waals surface area (Å²) in [4.78, 5) is 12.5. The van der Waals surface area contributed by atoms with Gasteiger partial charge in [0, 0.05) is 5.56 Å². The van der Waals surface area contributed by atoms with Gasteiger partial charge in [0.15, 0.2) is 17.3 Å². The molecule has 0 aromatic heterocycles. The minimum atomic E-state index is -0.162. The number of halogens is 1. The zero-order valence-electron chi connectivity index (χ0n) is 11.1. The first-order valence-corrected chi connectivity index (χ1v) is 6.69. The van der Waals surface area contributed by atoms with Crippen molar-refractivity contribution in [3.05, 3.63) is 52.0 Å². The van der Waals surface area contributed by atoms with Gasteiger partial charge in [-0.2, -0.15) is 0 Å². The summed E-state index contributed by atoms with van der Waals surface area (Å²) in [6, 6.07) is 10.5. The molecule has 2 aromatic carbocycles. The summed E-state index contributed by atoms with van der Waals surface area (Å²) in [5, 5.41) is 0. The number of anilines is 1. The number of methoxy groups -OCH3 is 2. The molecule has 0 heterocycles. The second kappa shape index (κ2) is 5.96. The molecule has 0 bridgehead atoms. The molecule has 5 heteroatoms. The standard InChI is InChI=1S/C15H14BrNO3/c1-19-11-8-10(13(17)12(16)15(11)20-2)14(18)9-6-4-3-5-7-9/h3-8H,17H2,1-2H3. The summed E-state index contributed by atoms with van der Waals surface area (Å²) in [5.41, 5.74) is 7.29. The van der Waals surface area contributed by atoms with E-state index in [1.165, 1.54) is 14.2 Å². The Hall–Kier alpha value is -2.01. The molecule has 0 aliphatic heterocycles. The SMILES string of the molecule is COc1cc(C(=O)c2ccccc2)c(N)c(Br)c1OC. The summed E-state index contributed by atoms with van der Waals surface area (Å²) in [7, 11) is 3.03. The molecule has 0 aliphatic rings. The van der Waals surface area contributed by atoms with Crippen molar-refractivity contribution in [1.29, 1.82) is 0 Å². The molecule has 2 rings (SSSR count). The average Bonchev–Trinajstić information content (AvgIpc) is 2.50. The van der Waals surface area contributed by atoms with Crippen molar-refractivity contribution in [3.63, 3.8) is 0 Å². The van der Waals surface area contributed by atoms with Gasteiger partial charge in [-0.1, -0.05) is 30.3 Å². The number of carbonyl (C=O) groups is 1. The quantitative estimate of drug-likeness (QED) is 0.688. The number of nitrogen functional groups attached to an aromatic ring is 1. The third-order valence-electron chi connectivity index (χ3n) is 2.93. The first kappa shape index (κ1) is 14.4. The molecule has 0 spiro atoms. The predicted molar refractivity (Wildman–Crippen MR) is 81.5 cm³/mol. The Morgan fingerprint density at radius 2 is 1.80 bits per heavy atom. The van der Waals surface area contributed by atoms with E-state index >= 15 is 0 Å². The second-order valence-corrected chi connectivity index (χ2v) is 4.88. The third-order valence-corrected chi connectivity index (χ3v) is 3.72. The van der Waals surface area contributed by atoms with E-state index < -0.39 is 0 Å². The molecule has 2 N–H and O–H groups in total.